The van der Waals surface area contributed by atoms with Gasteiger partial charge in [0.15, 0.2) is 25.9 Å². The van der Waals surface area contributed by atoms with Crippen molar-refractivity contribution in [1.29, 1.82) is 0 Å². The van der Waals surface area contributed by atoms with E-state index in [9.17, 15) is 9.59 Å². The van der Waals surface area contributed by atoms with Gasteiger partial charge in [0.05, 0.1) is 10.9 Å². The summed E-state index contributed by atoms with van der Waals surface area (Å²) in [6.45, 7) is 2.07. The highest BCUT2D eigenvalue weighted by molar-refractivity contribution is 7.97. The van der Waals surface area contributed by atoms with Crippen molar-refractivity contribution in [3.05, 3.63) is 147 Å². The fourth-order valence-electron chi connectivity index (χ4n) is 4.52. The zero-order chi connectivity index (χ0) is 26.2. The Hall–Kier alpha value is -3.70. The molecule has 2 nitrogen and oxygen atoms in total. The summed E-state index contributed by atoms with van der Waals surface area (Å²) in [6, 6.07) is 37.4. The smallest absolute Gasteiger partial charge is 0.196 e. The Morgan fingerprint density at radius 2 is 1.21 bits per heavy atom. The molecule has 6 aromatic rings. The monoisotopic (exact) mass is 549 g/mol. The van der Waals surface area contributed by atoms with Crippen LogP contribution in [0.15, 0.2) is 135 Å². The normalized spacial score (nSPS) is 12.1. The van der Waals surface area contributed by atoms with Gasteiger partial charge in [0, 0.05) is 42.4 Å². The first-order chi connectivity index (χ1) is 18.5. The number of hydrogen-bond donors (Lipinski definition) is 0. The lowest BCUT2D eigenvalue weighted by Crippen LogP contribution is -2.08. The molecule has 0 aliphatic rings. The molecule has 0 bridgehead atoms. The van der Waals surface area contributed by atoms with Crippen molar-refractivity contribution in [1.82, 2.24) is 0 Å². The van der Waals surface area contributed by atoms with Crippen LogP contribution in [-0.4, -0.2) is 5.78 Å². The molecule has 0 saturated heterocycles. The largest absolute Gasteiger partial charge is 0.289 e. The lowest BCUT2D eigenvalue weighted by Gasteiger charge is -2.10. The first-order valence-electron chi connectivity index (χ1n) is 12.1. The van der Waals surface area contributed by atoms with Gasteiger partial charge in [-0.05, 0) is 73.7 Å². The van der Waals surface area contributed by atoms with Gasteiger partial charge in [-0.1, -0.05) is 59.6 Å². The summed E-state index contributed by atoms with van der Waals surface area (Å²) < 4.78 is 1.88. The molecule has 1 aromatic heterocycles. The third-order valence-electron chi connectivity index (χ3n) is 6.48. The highest BCUT2D eigenvalue weighted by atomic mass is 35.5. The minimum atomic E-state index is -0.463. The second-order valence-electron chi connectivity index (χ2n) is 9.07. The van der Waals surface area contributed by atoms with Crippen LogP contribution in [0.2, 0.25) is 5.02 Å². The molecule has 5 heteroatoms. The molecule has 0 radical (unpaired) electrons. The number of carbonyl (C=O) groups excluding carboxylic acids is 1. The summed E-state index contributed by atoms with van der Waals surface area (Å²) in [5.74, 6) is 0.00102. The zero-order valence-corrected chi connectivity index (χ0v) is 22.9. The van der Waals surface area contributed by atoms with Crippen molar-refractivity contribution >= 4 is 59.8 Å². The number of halogens is 1. The van der Waals surface area contributed by atoms with Gasteiger partial charge in [0.25, 0.3) is 0 Å². The summed E-state index contributed by atoms with van der Waals surface area (Å²) in [5, 5.41) is 1.90. The third-order valence-corrected chi connectivity index (χ3v) is 10.1. The standard InChI is InChI=1S/C33H22ClO2S2/c1-21-7-12-25(13-8-21)38(26-14-9-23(10-15-26)32(35)22-5-3-2-4-6-22)27-16-18-31-29(20-27)33(36)28-19-24(34)11-17-30(28)37-31/h2-20H,1H3/q+1. The maximum atomic E-state index is 13.5. The van der Waals surface area contributed by atoms with Crippen molar-refractivity contribution in [2.24, 2.45) is 0 Å². The van der Waals surface area contributed by atoms with Crippen LogP contribution in [0.1, 0.15) is 21.5 Å². The average molecular weight is 550 g/mol. The topological polar surface area (TPSA) is 34.1 Å². The molecule has 184 valence electrons. The van der Waals surface area contributed by atoms with Gasteiger partial charge in [0.2, 0.25) is 0 Å². The van der Waals surface area contributed by atoms with E-state index in [0.717, 1.165) is 24.1 Å². The van der Waals surface area contributed by atoms with E-state index in [4.69, 9.17) is 11.6 Å². The van der Waals surface area contributed by atoms with Crippen molar-refractivity contribution in [3.63, 3.8) is 0 Å². The minimum Gasteiger partial charge on any atom is -0.289 e. The van der Waals surface area contributed by atoms with E-state index < -0.39 is 10.9 Å². The second-order valence-corrected chi connectivity index (χ2v) is 12.6. The van der Waals surface area contributed by atoms with Crippen LogP contribution in [0.25, 0.3) is 20.2 Å². The van der Waals surface area contributed by atoms with E-state index in [0.29, 0.717) is 26.9 Å². The highest BCUT2D eigenvalue weighted by Gasteiger charge is 2.29. The van der Waals surface area contributed by atoms with Crippen molar-refractivity contribution < 1.29 is 4.79 Å². The molecule has 0 aliphatic heterocycles. The van der Waals surface area contributed by atoms with Crippen LogP contribution < -0.4 is 5.43 Å². The SMILES string of the molecule is Cc1ccc([S+](c2ccc(C(=O)c3ccccc3)cc2)c2ccc3sc4ccc(Cl)cc4c(=O)c3c2)cc1. The highest BCUT2D eigenvalue weighted by Crippen LogP contribution is 2.35. The molecular weight excluding hydrogens is 528 g/mol. The molecule has 1 unspecified atom stereocenters. The molecular formula is C33H22ClO2S2+. The van der Waals surface area contributed by atoms with E-state index in [1.54, 1.807) is 17.4 Å². The summed E-state index contributed by atoms with van der Waals surface area (Å²) >= 11 is 7.81. The molecule has 6 rings (SSSR count). The molecule has 1 atom stereocenters. The van der Waals surface area contributed by atoms with E-state index in [2.05, 4.69) is 37.3 Å². The number of hydrogen-bond acceptors (Lipinski definition) is 3. The Kier molecular flexibility index (Phi) is 6.62. The van der Waals surface area contributed by atoms with Gasteiger partial charge in [-0.2, -0.15) is 0 Å². The summed E-state index contributed by atoms with van der Waals surface area (Å²) in [5.41, 5.74) is 2.50. The lowest BCUT2D eigenvalue weighted by atomic mass is 10.0. The molecule has 0 amide bonds. The second kappa shape index (κ2) is 10.2. The fourth-order valence-corrected chi connectivity index (χ4v) is 7.79. The molecule has 5 aromatic carbocycles. The fraction of sp³-hybridized carbons (Fsp3) is 0.0303. The van der Waals surface area contributed by atoms with Crippen LogP contribution in [0.5, 0.6) is 0 Å². The van der Waals surface area contributed by atoms with Crippen LogP contribution in [0.4, 0.5) is 0 Å². The molecule has 0 fully saturated rings. The van der Waals surface area contributed by atoms with E-state index in [-0.39, 0.29) is 11.2 Å². The Labute approximate surface area is 232 Å². The van der Waals surface area contributed by atoms with Gasteiger partial charge < -0.3 is 0 Å². The molecule has 0 N–H and O–H groups in total. The van der Waals surface area contributed by atoms with Gasteiger partial charge in [0.1, 0.15) is 0 Å². The predicted octanol–water partition coefficient (Wildman–Crippen LogP) is 8.70. The number of ketones is 1. The first kappa shape index (κ1) is 24.6. The Morgan fingerprint density at radius 3 is 1.89 bits per heavy atom. The Balaban J connectivity index is 1.48. The number of fused-ring (bicyclic) bond motifs is 2. The van der Waals surface area contributed by atoms with Crippen molar-refractivity contribution in [2.45, 2.75) is 21.6 Å². The summed E-state index contributed by atoms with van der Waals surface area (Å²) in [4.78, 5) is 29.8. The average Bonchev–Trinajstić information content (AvgIpc) is 2.95. The molecule has 0 aliphatic carbocycles. The van der Waals surface area contributed by atoms with E-state index in [1.807, 2.05) is 78.9 Å². The maximum absolute atomic E-state index is 13.5. The number of benzene rings is 5. The minimum absolute atomic E-state index is 0.00102. The molecule has 1 heterocycles. The Bertz CT molecular complexity index is 1860. The lowest BCUT2D eigenvalue weighted by molar-refractivity contribution is 0.103. The zero-order valence-electron chi connectivity index (χ0n) is 20.5. The Morgan fingerprint density at radius 1 is 0.658 bits per heavy atom. The van der Waals surface area contributed by atoms with Crippen LogP contribution >= 0.6 is 22.9 Å². The van der Waals surface area contributed by atoms with E-state index in [1.165, 1.54) is 5.56 Å². The maximum Gasteiger partial charge on any atom is 0.196 e. The van der Waals surface area contributed by atoms with Crippen LogP contribution in [0.3, 0.4) is 0 Å². The van der Waals surface area contributed by atoms with E-state index >= 15 is 0 Å². The molecule has 0 saturated carbocycles. The molecule has 0 spiro atoms. The number of carbonyl (C=O) groups is 1. The van der Waals surface area contributed by atoms with Gasteiger partial charge >= 0.3 is 0 Å². The third kappa shape index (κ3) is 4.67. The first-order valence-corrected chi connectivity index (χ1v) is 14.6. The summed E-state index contributed by atoms with van der Waals surface area (Å²) in [6.07, 6.45) is 0. The van der Waals surface area contributed by atoms with Crippen molar-refractivity contribution in [2.75, 3.05) is 0 Å². The van der Waals surface area contributed by atoms with Crippen LogP contribution in [-0.2, 0) is 10.9 Å². The molecule has 38 heavy (non-hydrogen) atoms. The predicted molar refractivity (Wildman–Crippen MR) is 160 cm³/mol. The van der Waals surface area contributed by atoms with Gasteiger partial charge in [-0.15, -0.1) is 11.3 Å². The van der Waals surface area contributed by atoms with Gasteiger partial charge in [-0.25, -0.2) is 0 Å². The number of rotatable bonds is 5. The summed E-state index contributed by atoms with van der Waals surface area (Å²) in [7, 11) is -0.463. The number of aryl methyl sites for hydroxylation is 1. The van der Waals surface area contributed by atoms with Crippen LogP contribution in [0, 0.1) is 6.92 Å². The van der Waals surface area contributed by atoms with Gasteiger partial charge in [-0.3, -0.25) is 9.59 Å². The quantitative estimate of drug-likeness (QED) is 0.122. The van der Waals surface area contributed by atoms with Crippen molar-refractivity contribution in [3.8, 4) is 0 Å².